The first-order valence-electron chi connectivity index (χ1n) is 8.33. The maximum absolute atomic E-state index is 4.52. The SMILES string of the molecule is c1cc[c]([Bi]([c]2ccccc2)[c]2cccc(-c3ccccn3)c2)cc1. The average molecular weight is 517 g/mol. The Morgan fingerprint density at radius 2 is 1.12 bits per heavy atom. The Labute approximate surface area is 156 Å². The summed E-state index contributed by atoms with van der Waals surface area (Å²) >= 11 is -2.28. The summed E-state index contributed by atoms with van der Waals surface area (Å²) in [5.41, 5.74) is 2.24. The van der Waals surface area contributed by atoms with E-state index < -0.39 is 21.8 Å². The molecule has 0 atom stereocenters. The topological polar surface area (TPSA) is 12.9 Å². The first-order chi connectivity index (χ1) is 12.4. The maximum atomic E-state index is 4.52. The predicted octanol–water partition coefficient (Wildman–Crippen LogP) is 3.26. The first-order valence-corrected chi connectivity index (χ1v) is 13.5. The van der Waals surface area contributed by atoms with E-state index in [1.165, 1.54) is 15.4 Å². The minimum absolute atomic E-state index is 1.04. The van der Waals surface area contributed by atoms with Gasteiger partial charge in [0.1, 0.15) is 0 Å². The summed E-state index contributed by atoms with van der Waals surface area (Å²) in [6.07, 6.45) is 1.86. The van der Waals surface area contributed by atoms with Crippen LogP contribution < -0.4 is 9.81 Å². The second-order valence-corrected chi connectivity index (χ2v) is 14.4. The van der Waals surface area contributed by atoms with Gasteiger partial charge in [-0.25, -0.2) is 0 Å². The molecule has 3 aromatic carbocycles. The molecule has 0 saturated carbocycles. The van der Waals surface area contributed by atoms with Crippen molar-refractivity contribution in [3.05, 3.63) is 109 Å². The van der Waals surface area contributed by atoms with Crippen molar-refractivity contribution in [1.82, 2.24) is 4.98 Å². The number of pyridine rings is 1. The van der Waals surface area contributed by atoms with Gasteiger partial charge in [-0.1, -0.05) is 0 Å². The van der Waals surface area contributed by atoms with E-state index in [1.807, 2.05) is 18.3 Å². The molecule has 0 amide bonds. The molecule has 0 radical (unpaired) electrons. The van der Waals surface area contributed by atoms with Crippen LogP contribution in [0.5, 0.6) is 0 Å². The summed E-state index contributed by atoms with van der Waals surface area (Å²) in [4.78, 5) is 4.52. The molecular formula is C23H18BiN. The van der Waals surface area contributed by atoms with E-state index in [0.717, 1.165) is 5.69 Å². The quantitative estimate of drug-likeness (QED) is 0.379. The van der Waals surface area contributed by atoms with Crippen molar-refractivity contribution < 1.29 is 0 Å². The summed E-state index contributed by atoms with van der Waals surface area (Å²) in [6.45, 7) is 0. The number of hydrogen-bond acceptors (Lipinski definition) is 1. The Morgan fingerprint density at radius 3 is 1.72 bits per heavy atom. The summed E-state index contributed by atoms with van der Waals surface area (Å²) in [6, 6.07) is 37.0. The van der Waals surface area contributed by atoms with Gasteiger partial charge >= 0.3 is 157 Å². The third-order valence-electron chi connectivity index (χ3n) is 4.09. The molecule has 0 aliphatic carbocycles. The molecule has 1 nitrogen and oxygen atoms in total. The fourth-order valence-electron chi connectivity index (χ4n) is 2.94. The van der Waals surface area contributed by atoms with Crippen molar-refractivity contribution in [2.45, 2.75) is 0 Å². The summed E-state index contributed by atoms with van der Waals surface area (Å²) < 4.78 is 4.49. The average Bonchev–Trinajstić information content (AvgIpc) is 2.71. The van der Waals surface area contributed by atoms with Crippen LogP contribution in [-0.2, 0) is 0 Å². The standard InChI is InChI=1S/C11H8N.2C6H5.Bi/c1-2-6-10(7-3-1)11-8-4-5-9-12-11;2*1-2-4-6-5-3-1;/h1-2,4-9H;2*1-5H;. The molecule has 0 spiro atoms. The molecule has 0 unspecified atom stereocenters. The van der Waals surface area contributed by atoms with Gasteiger partial charge < -0.3 is 0 Å². The van der Waals surface area contributed by atoms with Gasteiger partial charge in [-0.2, -0.15) is 0 Å². The minimum atomic E-state index is -2.28. The van der Waals surface area contributed by atoms with Crippen molar-refractivity contribution in [3.63, 3.8) is 0 Å². The van der Waals surface area contributed by atoms with Crippen molar-refractivity contribution in [1.29, 1.82) is 0 Å². The number of hydrogen-bond donors (Lipinski definition) is 0. The number of nitrogens with zero attached hydrogens (tertiary/aromatic N) is 1. The van der Waals surface area contributed by atoms with Crippen LogP contribution >= 0.6 is 0 Å². The predicted molar refractivity (Wildman–Crippen MR) is 107 cm³/mol. The molecule has 0 fully saturated rings. The Morgan fingerprint density at radius 1 is 0.520 bits per heavy atom. The van der Waals surface area contributed by atoms with E-state index in [0.29, 0.717) is 0 Å². The van der Waals surface area contributed by atoms with Crippen molar-refractivity contribution in [2.24, 2.45) is 0 Å². The zero-order valence-corrected chi connectivity index (χ0v) is 17.3. The fourth-order valence-corrected chi connectivity index (χ4v) is 12.0. The van der Waals surface area contributed by atoms with Crippen molar-refractivity contribution in [2.75, 3.05) is 0 Å². The molecule has 0 saturated heterocycles. The van der Waals surface area contributed by atoms with Gasteiger partial charge in [-0.3, -0.25) is 0 Å². The van der Waals surface area contributed by atoms with E-state index in [-0.39, 0.29) is 0 Å². The molecule has 4 aromatic rings. The van der Waals surface area contributed by atoms with Crippen LogP contribution in [0.3, 0.4) is 0 Å². The van der Waals surface area contributed by atoms with Crippen LogP contribution in [-0.4, -0.2) is 26.7 Å². The third kappa shape index (κ3) is 3.70. The molecular weight excluding hydrogens is 499 g/mol. The van der Waals surface area contributed by atoms with Crippen molar-refractivity contribution in [3.8, 4) is 11.3 Å². The van der Waals surface area contributed by atoms with E-state index in [2.05, 4.69) is 96.0 Å². The molecule has 0 aliphatic heterocycles. The molecule has 0 bridgehead atoms. The molecule has 1 heterocycles. The van der Waals surface area contributed by atoms with Gasteiger partial charge in [0.05, 0.1) is 0 Å². The Bertz CT molecular complexity index is 898. The normalized spacial score (nSPS) is 10.8. The second kappa shape index (κ2) is 7.72. The summed E-state index contributed by atoms with van der Waals surface area (Å²) in [5.74, 6) is 0. The fraction of sp³-hybridized carbons (Fsp3) is 0. The Balaban J connectivity index is 1.83. The Hall–Kier alpha value is -2.31. The number of aromatic nitrogens is 1. The molecule has 2 heteroatoms. The molecule has 1 aromatic heterocycles. The molecule has 4 rings (SSSR count). The first kappa shape index (κ1) is 16.2. The van der Waals surface area contributed by atoms with E-state index >= 15 is 0 Å². The van der Waals surface area contributed by atoms with Crippen LogP contribution in [0.2, 0.25) is 0 Å². The van der Waals surface area contributed by atoms with Crippen LogP contribution in [0.15, 0.2) is 109 Å². The van der Waals surface area contributed by atoms with Gasteiger partial charge in [0.25, 0.3) is 0 Å². The monoisotopic (exact) mass is 517 g/mol. The van der Waals surface area contributed by atoms with E-state index in [4.69, 9.17) is 0 Å². The van der Waals surface area contributed by atoms with Crippen LogP contribution in [0.25, 0.3) is 11.3 Å². The summed E-state index contributed by atoms with van der Waals surface area (Å²) in [5, 5.41) is 0. The number of rotatable bonds is 4. The third-order valence-corrected chi connectivity index (χ3v) is 13.5. The van der Waals surface area contributed by atoms with Crippen LogP contribution in [0, 0.1) is 0 Å². The van der Waals surface area contributed by atoms with Gasteiger partial charge in [0.2, 0.25) is 0 Å². The zero-order valence-electron chi connectivity index (χ0n) is 13.8. The second-order valence-electron chi connectivity index (χ2n) is 5.77. The molecule has 25 heavy (non-hydrogen) atoms. The molecule has 120 valence electrons. The van der Waals surface area contributed by atoms with Gasteiger partial charge in [0, 0.05) is 0 Å². The zero-order chi connectivity index (χ0) is 16.9. The Kier molecular flexibility index (Phi) is 4.99. The van der Waals surface area contributed by atoms with Crippen molar-refractivity contribution >= 4 is 31.6 Å². The van der Waals surface area contributed by atoms with Crippen LogP contribution in [0.4, 0.5) is 0 Å². The van der Waals surface area contributed by atoms with Gasteiger partial charge in [-0.05, 0) is 0 Å². The van der Waals surface area contributed by atoms with Crippen LogP contribution in [0.1, 0.15) is 0 Å². The summed E-state index contributed by atoms with van der Waals surface area (Å²) in [7, 11) is 0. The van der Waals surface area contributed by atoms with Gasteiger partial charge in [-0.15, -0.1) is 0 Å². The molecule has 0 aliphatic rings. The molecule has 0 N–H and O–H groups in total. The van der Waals surface area contributed by atoms with Gasteiger partial charge in [0.15, 0.2) is 0 Å². The van der Waals surface area contributed by atoms with E-state index in [9.17, 15) is 0 Å². The van der Waals surface area contributed by atoms with E-state index in [1.54, 1.807) is 0 Å². The number of benzene rings is 3.